The third-order valence-electron chi connectivity index (χ3n) is 3.83. The van der Waals surface area contributed by atoms with Gasteiger partial charge in [0, 0.05) is 31.6 Å². The summed E-state index contributed by atoms with van der Waals surface area (Å²) in [4.78, 5) is 30.8. The Labute approximate surface area is 139 Å². The van der Waals surface area contributed by atoms with E-state index < -0.39 is 0 Å². The lowest BCUT2D eigenvalue weighted by Gasteiger charge is -2.14. The maximum Gasteiger partial charge on any atom is 0.263 e. The van der Waals surface area contributed by atoms with E-state index in [9.17, 15) is 9.59 Å². The van der Waals surface area contributed by atoms with E-state index in [-0.39, 0.29) is 11.8 Å². The summed E-state index contributed by atoms with van der Waals surface area (Å²) in [5.74, 6) is -0.0454. The van der Waals surface area contributed by atoms with Crippen molar-refractivity contribution in [3.05, 3.63) is 41.4 Å². The summed E-state index contributed by atoms with van der Waals surface area (Å²) in [5, 5.41) is 3.63. The Morgan fingerprint density at radius 1 is 1.17 bits per heavy atom. The molecule has 2 heterocycles. The van der Waals surface area contributed by atoms with Crippen molar-refractivity contribution in [3.8, 4) is 10.6 Å². The molecule has 1 fully saturated rings. The summed E-state index contributed by atoms with van der Waals surface area (Å²) in [6, 6.07) is 9.77. The number of carbonyl (C=O) groups excluding carboxylic acids is 2. The molecule has 5 nitrogen and oxygen atoms in total. The highest BCUT2D eigenvalue weighted by molar-refractivity contribution is 7.16. The van der Waals surface area contributed by atoms with Crippen molar-refractivity contribution in [2.45, 2.75) is 19.3 Å². The Kier molecular flexibility index (Phi) is 5.02. The van der Waals surface area contributed by atoms with Crippen molar-refractivity contribution in [2.24, 2.45) is 0 Å². The topological polar surface area (TPSA) is 62.3 Å². The van der Waals surface area contributed by atoms with Crippen LogP contribution in [0.25, 0.3) is 10.6 Å². The lowest BCUT2D eigenvalue weighted by atomic mass is 10.2. The van der Waals surface area contributed by atoms with Gasteiger partial charge in [0.1, 0.15) is 9.88 Å². The number of thiazole rings is 1. The molecule has 6 heteroatoms. The van der Waals surface area contributed by atoms with Gasteiger partial charge in [0.15, 0.2) is 0 Å². The van der Waals surface area contributed by atoms with E-state index in [2.05, 4.69) is 10.3 Å². The summed E-state index contributed by atoms with van der Waals surface area (Å²) in [7, 11) is 0. The van der Waals surface area contributed by atoms with Gasteiger partial charge in [-0.2, -0.15) is 0 Å². The molecule has 1 aliphatic heterocycles. The monoisotopic (exact) mass is 329 g/mol. The molecule has 3 rings (SSSR count). The normalized spacial score (nSPS) is 14.0. The van der Waals surface area contributed by atoms with Gasteiger partial charge in [0.2, 0.25) is 5.91 Å². The second-order valence-electron chi connectivity index (χ2n) is 5.49. The Hall–Kier alpha value is -2.21. The first-order chi connectivity index (χ1) is 11.2. The van der Waals surface area contributed by atoms with E-state index in [1.165, 1.54) is 11.3 Å². The fourth-order valence-electron chi connectivity index (χ4n) is 2.59. The summed E-state index contributed by atoms with van der Waals surface area (Å²) in [6.07, 6.45) is 4.11. The summed E-state index contributed by atoms with van der Waals surface area (Å²) in [6.45, 7) is 2.07. The second kappa shape index (κ2) is 7.37. The molecule has 0 saturated carbocycles. The molecular formula is C17H19N3O2S. The highest BCUT2D eigenvalue weighted by Crippen LogP contribution is 2.24. The van der Waals surface area contributed by atoms with Gasteiger partial charge < -0.3 is 10.2 Å². The zero-order valence-electron chi connectivity index (χ0n) is 12.8. The van der Waals surface area contributed by atoms with Gasteiger partial charge >= 0.3 is 0 Å². The molecule has 2 amide bonds. The number of aromatic nitrogens is 1. The second-order valence-corrected chi connectivity index (χ2v) is 6.52. The lowest BCUT2D eigenvalue weighted by Crippen LogP contribution is -2.32. The Balaban J connectivity index is 1.51. The first-order valence-corrected chi connectivity index (χ1v) is 8.63. The molecule has 120 valence electrons. The number of nitrogens with one attached hydrogen (secondary N) is 1. The van der Waals surface area contributed by atoms with Crippen LogP contribution in [-0.4, -0.2) is 41.3 Å². The van der Waals surface area contributed by atoms with Crippen LogP contribution in [0.4, 0.5) is 0 Å². The first-order valence-electron chi connectivity index (χ1n) is 7.81. The van der Waals surface area contributed by atoms with Gasteiger partial charge in [0.05, 0.1) is 6.20 Å². The molecule has 0 spiro atoms. The average Bonchev–Trinajstić information content (AvgIpc) is 3.27. The first kappa shape index (κ1) is 15.7. The molecule has 1 aromatic carbocycles. The van der Waals surface area contributed by atoms with Crippen LogP contribution < -0.4 is 5.32 Å². The Morgan fingerprint density at radius 3 is 2.65 bits per heavy atom. The largest absolute Gasteiger partial charge is 0.351 e. The van der Waals surface area contributed by atoms with Gasteiger partial charge in [-0.3, -0.25) is 9.59 Å². The summed E-state index contributed by atoms with van der Waals surface area (Å²) < 4.78 is 0. The van der Waals surface area contributed by atoms with E-state index in [1.807, 2.05) is 35.2 Å². The van der Waals surface area contributed by atoms with Gasteiger partial charge in [-0.05, 0) is 12.8 Å². The molecule has 0 unspecified atom stereocenters. The smallest absolute Gasteiger partial charge is 0.263 e. The minimum atomic E-state index is -0.168. The van der Waals surface area contributed by atoms with Crippen LogP contribution in [0.1, 0.15) is 28.9 Å². The quantitative estimate of drug-likeness (QED) is 0.917. The zero-order valence-corrected chi connectivity index (χ0v) is 13.6. The summed E-state index contributed by atoms with van der Waals surface area (Å²) >= 11 is 1.36. The fraction of sp³-hybridized carbons (Fsp3) is 0.353. The number of hydrogen-bond acceptors (Lipinski definition) is 4. The maximum atomic E-state index is 12.1. The predicted molar refractivity (Wildman–Crippen MR) is 90.3 cm³/mol. The van der Waals surface area contributed by atoms with Gasteiger partial charge in [-0.1, -0.05) is 30.3 Å². The molecule has 0 radical (unpaired) electrons. The van der Waals surface area contributed by atoms with Crippen LogP contribution in [0.15, 0.2) is 36.5 Å². The maximum absolute atomic E-state index is 12.1. The molecule has 1 aromatic heterocycles. The number of amides is 2. The van der Waals surface area contributed by atoms with E-state index in [0.29, 0.717) is 17.8 Å². The van der Waals surface area contributed by atoms with Crippen molar-refractivity contribution < 1.29 is 9.59 Å². The molecule has 23 heavy (non-hydrogen) atoms. The number of likely N-dealkylation sites (tertiary alicyclic amines) is 1. The van der Waals surface area contributed by atoms with E-state index >= 15 is 0 Å². The number of benzene rings is 1. The number of hydrogen-bond donors (Lipinski definition) is 1. The minimum Gasteiger partial charge on any atom is -0.351 e. The molecule has 0 aliphatic carbocycles. The van der Waals surface area contributed by atoms with Gasteiger partial charge in [-0.25, -0.2) is 4.98 Å². The Morgan fingerprint density at radius 2 is 1.91 bits per heavy atom. The zero-order chi connectivity index (χ0) is 16.1. The third-order valence-corrected chi connectivity index (χ3v) is 4.88. The van der Waals surface area contributed by atoms with Crippen LogP contribution in [0.5, 0.6) is 0 Å². The molecule has 2 aromatic rings. The van der Waals surface area contributed by atoms with Gasteiger partial charge in [0.25, 0.3) is 5.91 Å². The molecular weight excluding hydrogens is 310 g/mol. The lowest BCUT2D eigenvalue weighted by molar-refractivity contribution is -0.129. The fourth-order valence-corrected chi connectivity index (χ4v) is 3.43. The highest BCUT2D eigenvalue weighted by Gasteiger charge is 2.18. The molecule has 0 atom stereocenters. The van der Waals surface area contributed by atoms with E-state index in [4.69, 9.17) is 0 Å². The van der Waals surface area contributed by atoms with Crippen LogP contribution in [0, 0.1) is 0 Å². The van der Waals surface area contributed by atoms with Crippen molar-refractivity contribution in [1.82, 2.24) is 15.2 Å². The SMILES string of the molecule is O=C(NCCC(=O)N1CCCC1)c1cnc(-c2ccccc2)s1. The Bertz CT molecular complexity index is 678. The highest BCUT2D eigenvalue weighted by atomic mass is 32.1. The molecule has 1 aliphatic rings. The van der Waals surface area contributed by atoms with Crippen molar-refractivity contribution in [1.29, 1.82) is 0 Å². The average molecular weight is 329 g/mol. The van der Waals surface area contributed by atoms with E-state index in [1.54, 1.807) is 6.20 Å². The standard InChI is InChI=1S/C17H19N3O2S/c21-15(20-10-4-5-11-20)8-9-18-16(22)14-12-19-17(23-14)13-6-2-1-3-7-13/h1-3,6-7,12H,4-5,8-11H2,(H,18,22). The van der Waals surface area contributed by atoms with Crippen molar-refractivity contribution in [3.63, 3.8) is 0 Å². The third kappa shape index (κ3) is 3.96. The van der Waals surface area contributed by atoms with Gasteiger partial charge in [-0.15, -0.1) is 11.3 Å². The molecule has 1 saturated heterocycles. The predicted octanol–water partition coefficient (Wildman–Crippen LogP) is 2.55. The van der Waals surface area contributed by atoms with Crippen LogP contribution >= 0.6 is 11.3 Å². The number of rotatable bonds is 5. The van der Waals surface area contributed by atoms with Crippen molar-refractivity contribution >= 4 is 23.2 Å². The minimum absolute atomic E-state index is 0.122. The van der Waals surface area contributed by atoms with Crippen LogP contribution in [0.2, 0.25) is 0 Å². The van der Waals surface area contributed by atoms with Crippen LogP contribution in [-0.2, 0) is 4.79 Å². The number of nitrogens with zero attached hydrogens (tertiary/aromatic N) is 2. The van der Waals surface area contributed by atoms with Crippen molar-refractivity contribution in [2.75, 3.05) is 19.6 Å². The van der Waals surface area contributed by atoms with Crippen LogP contribution in [0.3, 0.4) is 0 Å². The molecule has 1 N–H and O–H groups in total. The van der Waals surface area contributed by atoms with E-state index in [0.717, 1.165) is 36.5 Å². The number of carbonyl (C=O) groups is 2. The molecule has 0 bridgehead atoms. The summed E-state index contributed by atoms with van der Waals surface area (Å²) in [5.41, 5.74) is 1.00.